The summed E-state index contributed by atoms with van der Waals surface area (Å²) in [5.41, 5.74) is 2.94. The van der Waals surface area contributed by atoms with Crippen molar-refractivity contribution in [2.75, 3.05) is 39.4 Å². The zero-order chi connectivity index (χ0) is 16.1. The van der Waals surface area contributed by atoms with E-state index in [4.69, 9.17) is 4.74 Å². The van der Waals surface area contributed by atoms with E-state index < -0.39 is 0 Å². The second kappa shape index (κ2) is 7.91. The summed E-state index contributed by atoms with van der Waals surface area (Å²) in [6, 6.07) is 13.5. The molecule has 0 amide bonds. The van der Waals surface area contributed by atoms with E-state index in [-0.39, 0.29) is 0 Å². The summed E-state index contributed by atoms with van der Waals surface area (Å²) in [5.74, 6) is 0. The van der Waals surface area contributed by atoms with Gasteiger partial charge in [0.1, 0.15) is 0 Å². The summed E-state index contributed by atoms with van der Waals surface area (Å²) in [6.45, 7) is 12.5. The Balaban J connectivity index is 1.91. The Morgan fingerprint density at radius 3 is 2.17 bits per heavy atom. The molecule has 2 aromatic carbocycles. The van der Waals surface area contributed by atoms with Crippen LogP contribution in [0.4, 0.5) is 0 Å². The summed E-state index contributed by atoms with van der Waals surface area (Å²) in [7, 11) is 0. The topological polar surface area (TPSA) is 15.7 Å². The molecule has 0 bridgehead atoms. The fourth-order valence-corrected chi connectivity index (χ4v) is 3.32. The van der Waals surface area contributed by atoms with Crippen molar-refractivity contribution in [2.45, 2.75) is 26.9 Å². The first-order valence-electron chi connectivity index (χ1n) is 8.83. The van der Waals surface area contributed by atoms with E-state index in [1.54, 1.807) is 0 Å². The van der Waals surface area contributed by atoms with Crippen LogP contribution in [0.2, 0.25) is 0 Å². The van der Waals surface area contributed by atoms with E-state index in [1.807, 2.05) is 0 Å². The summed E-state index contributed by atoms with van der Waals surface area (Å²) >= 11 is 0. The molecule has 1 saturated heterocycles. The monoisotopic (exact) mass is 312 g/mol. The first-order valence-corrected chi connectivity index (χ1v) is 8.83. The molecular weight excluding hydrogens is 284 g/mol. The van der Waals surface area contributed by atoms with E-state index in [9.17, 15) is 0 Å². The number of nitrogens with zero attached hydrogens (tertiary/aromatic N) is 2. The molecule has 2 aromatic rings. The van der Waals surface area contributed by atoms with Gasteiger partial charge in [0.2, 0.25) is 0 Å². The largest absolute Gasteiger partial charge is 0.379 e. The Bertz CT molecular complexity index is 631. The molecular formula is C20H28N2O. The van der Waals surface area contributed by atoms with Crippen LogP contribution < -0.4 is 0 Å². The summed E-state index contributed by atoms with van der Waals surface area (Å²) in [4.78, 5) is 5.01. The fraction of sp³-hybridized carbons (Fsp3) is 0.500. The minimum Gasteiger partial charge on any atom is -0.379 e. The van der Waals surface area contributed by atoms with Crippen LogP contribution in [0.1, 0.15) is 25.0 Å². The molecule has 124 valence electrons. The Hall–Kier alpha value is -1.42. The molecule has 0 aliphatic carbocycles. The van der Waals surface area contributed by atoms with Crippen LogP contribution >= 0.6 is 0 Å². The number of fused-ring (bicyclic) bond motifs is 1. The number of ether oxygens (including phenoxy) is 1. The van der Waals surface area contributed by atoms with Gasteiger partial charge in [-0.3, -0.25) is 9.80 Å². The van der Waals surface area contributed by atoms with E-state index in [0.717, 1.165) is 52.5 Å². The Labute approximate surface area is 139 Å². The molecule has 0 unspecified atom stereocenters. The average Bonchev–Trinajstić information content (AvgIpc) is 2.60. The lowest BCUT2D eigenvalue weighted by atomic mass is 9.99. The van der Waals surface area contributed by atoms with Crippen LogP contribution in [0.3, 0.4) is 0 Å². The van der Waals surface area contributed by atoms with Crippen molar-refractivity contribution in [1.82, 2.24) is 9.80 Å². The van der Waals surface area contributed by atoms with Gasteiger partial charge in [-0.2, -0.15) is 0 Å². The predicted octanol–water partition coefficient (Wildman–Crippen LogP) is 3.51. The molecule has 0 atom stereocenters. The van der Waals surface area contributed by atoms with Gasteiger partial charge < -0.3 is 4.74 Å². The minimum atomic E-state index is 0.860. The highest BCUT2D eigenvalue weighted by Gasteiger charge is 2.14. The summed E-state index contributed by atoms with van der Waals surface area (Å²) < 4.78 is 5.49. The second-order valence-corrected chi connectivity index (χ2v) is 6.32. The molecule has 0 aromatic heterocycles. The lowest BCUT2D eigenvalue weighted by molar-refractivity contribution is 0.0340. The first-order chi connectivity index (χ1) is 11.3. The van der Waals surface area contributed by atoms with Crippen molar-refractivity contribution in [2.24, 2.45) is 0 Å². The number of morpholine rings is 1. The third-order valence-corrected chi connectivity index (χ3v) is 4.85. The van der Waals surface area contributed by atoms with Crippen LogP contribution in [-0.4, -0.2) is 49.2 Å². The molecule has 0 spiro atoms. The molecule has 1 aliphatic rings. The van der Waals surface area contributed by atoms with Crippen molar-refractivity contribution in [3.63, 3.8) is 0 Å². The molecule has 0 radical (unpaired) electrons. The van der Waals surface area contributed by atoms with Gasteiger partial charge in [0.15, 0.2) is 0 Å². The van der Waals surface area contributed by atoms with Gasteiger partial charge in [-0.25, -0.2) is 0 Å². The van der Waals surface area contributed by atoms with Crippen molar-refractivity contribution in [3.8, 4) is 0 Å². The standard InChI is InChI=1S/C20H28N2O/c1-3-21(4-2)15-19-13-17-7-5-6-8-18(17)14-20(19)16-22-9-11-23-12-10-22/h5-8,13-14H,3-4,9-12,15-16H2,1-2H3. The molecule has 3 heteroatoms. The highest BCUT2D eigenvalue weighted by molar-refractivity contribution is 5.84. The smallest absolute Gasteiger partial charge is 0.0594 e. The van der Waals surface area contributed by atoms with Gasteiger partial charge in [-0.15, -0.1) is 0 Å². The van der Waals surface area contributed by atoms with Crippen molar-refractivity contribution in [1.29, 1.82) is 0 Å². The minimum absolute atomic E-state index is 0.860. The predicted molar refractivity (Wildman–Crippen MR) is 96.7 cm³/mol. The first kappa shape index (κ1) is 16.4. The third-order valence-electron chi connectivity index (χ3n) is 4.85. The number of hydrogen-bond donors (Lipinski definition) is 0. The molecule has 0 saturated carbocycles. The lowest BCUT2D eigenvalue weighted by Crippen LogP contribution is -2.36. The quantitative estimate of drug-likeness (QED) is 0.812. The molecule has 23 heavy (non-hydrogen) atoms. The lowest BCUT2D eigenvalue weighted by Gasteiger charge is -2.28. The molecule has 1 fully saturated rings. The molecule has 0 N–H and O–H groups in total. The summed E-state index contributed by atoms with van der Waals surface area (Å²) in [5, 5.41) is 2.69. The van der Waals surface area contributed by atoms with Crippen LogP contribution in [0.5, 0.6) is 0 Å². The van der Waals surface area contributed by atoms with Crippen molar-refractivity contribution >= 4 is 10.8 Å². The molecule has 3 nitrogen and oxygen atoms in total. The Kier molecular flexibility index (Phi) is 5.65. The van der Waals surface area contributed by atoms with Gasteiger partial charge in [-0.1, -0.05) is 38.1 Å². The van der Waals surface area contributed by atoms with E-state index in [0.29, 0.717) is 0 Å². The SMILES string of the molecule is CCN(CC)Cc1cc2ccccc2cc1CN1CCOCC1. The van der Waals surface area contributed by atoms with E-state index >= 15 is 0 Å². The van der Waals surface area contributed by atoms with Crippen molar-refractivity contribution in [3.05, 3.63) is 47.5 Å². The summed E-state index contributed by atoms with van der Waals surface area (Å²) in [6.07, 6.45) is 0. The second-order valence-electron chi connectivity index (χ2n) is 6.32. The van der Waals surface area contributed by atoms with Gasteiger partial charge in [0, 0.05) is 26.2 Å². The van der Waals surface area contributed by atoms with Gasteiger partial charge in [0.25, 0.3) is 0 Å². The highest BCUT2D eigenvalue weighted by atomic mass is 16.5. The fourth-order valence-electron chi connectivity index (χ4n) is 3.32. The van der Waals surface area contributed by atoms with Crippen LogP contribution in [0.25, 0.3) is 10.8 Å². The van der Waals surface area contributed by atoms with Crippen LogP contribution in [0.15, 0.2) is 36.4 Å². The van der Waals surface area contributed by atoms with E-state index in [2.05, 4.69) is 60.0 Å². The molecule has 1 heterocycles. The van der Waals surface area contributed by atoms with E-state index in [1.165, 1.54) is 21.9 Å². The average molecular weight is 312 g/mol. The molecule has 1 aliphatic heterocycles. The maximum Gasteiger partial charge on any atom is 0.0594 e. The van der Waals surface area contributed by atoms with Crippen LogP contribution in [-0.2, 0) is 17.8 Å². The zero-order valence-electron chi connectivity index (χ0n) is 14.4. The van der Waals surface area contributed by atoms with Crippen LogP contribution in [0, 0.1) is 0 Å². The maximum atomic E-state index is 5.49. The van der Waals surface area contributed by atoms with Gasteiger partial charge >= 0.3 is 0 Å². The number of benzene rings is 2. The maximum absolute atomic E-state index is 5.49. The van der Waals surface area contributed by atoms with Gasteiger partial charge in [0.05, 0.1) is 13.2 Å². The highest BCUT2D eigenvalue weighted by Crippen LogP contribution is 2.23. The van der Waals surface area contributed by atoms with Crippen molar-refractivity contribution < 1.29 is 4.74 Å². The number of hydrogen-bond acceptors (Lipinski definition) is 3. The Morgan fingerprint density at radius 2 is 1.57 bits per heavy atom. The Morgan fingerprint density at radius 1 is 0.957 bits per heavy atom. The zero-order valence-corrected chi connectivity index (χ0v) is 14.4. The number of rotatable bonds is 6. The normalized spacial score (nSPS) is 16.3. The molecule has 3 rings (SSSR count). The third kappa shape index (κ3) is 4.11. The van der Waals surface area contributed by atoms with Gasteiger partial charge in [-0.05, 0) is 47.1 Å².